The molecule has 0 spiro atoms. The molecule has 1 fully saturated rings. The van der Waals surface area contributed by atoms with Crippen molar-refractivity contribution in [3.8, 4) is 0 Å². The second-order valence-corrected chi connectivity index (χ2v) is 7.33. The highest BCUT2D eigenvalue weighted by molar-refractivity contribution is 5.97. The minimum atomic E-state index is -2.96. The maximum absolute atomic E-state index is 13.7. The molecule has 0 aliphatic carbocycles. The zero-order chi connectivity index (χ0) is 20.2. The molecule has 2 amide bonds. The van der Waals surface area contributed by atoms with Crippen LogP contribution in [0, 0.1) is 5.92 Å². The number of hydrogen-bond acceptors (Lipinski definition) is 4. The Morgan fingerprint density at radius 2 is 2.15 bits per heavy atom. The zero-order valence-corrected chi connectivity index (χ0v) is 16.1. The predicted octanol–water partition coefficient (Wildman–Crippen LogP) is 2.34. The quantitative estimate of drug-likeness (QED) is 0.770. The van der Waals surface area contributed by atoms with Crippen LogP contribution in [-0.4, -0.2) is 59.5 Å². The second kappa shape index (κ2) is 8.54. The Kier molecular flexibility index (Phi) is 6.62. The third-order valence-corrected chi connectivity index (χ3v) is 4.33. The van der Waals surface area contributed by atoms with E-state index in [0.29, 0.717) is 11.5 Å². The molecule has 0 aromatic carbocycles. The minimum absolute atomic E-state index is 0.388. The summed E-state index contributed by atoms with van der Waals surface area (Å²) in [5, 5.41) is 2.60. The first kappa shape index (κ1) is 20.9. The van der Waals surface area contributed by atoms with Crippen LogP contribution in [0.1, 0.15) is 43.2 Å². The van der Waals surface area contributed by atoms with E-state index >= 15 is 0 Å². The van der Waals surface area contributed by atoms with Crippen LogP contribution in [0.3, 0.4) is 0 Å². The number of likely N-dealkylation sites (tertiary alicyclic amines) is 1. The van der Waals surface area contributed by atoms with Crippen molar-refractivity contribution in [2.45, 2.75) is 51.6 Å². The SMILES string of the molecule is C/N=C/[C@@H]1CC(F)(F)CN1C(=O)[C@H](C)NC(=O)c1ccnc(CC(C)C)c1. The molecule has 6 nitrogen and oxygen atoms in total. The summed E-state index contributed by atoms with van der Waals surface area (Å²) in [6.07, 6.45) is 3.17. The van der Waals surface area contributed by atoms with Crippen LogP contribution in [0.2, 0.25) is 0 Å². The lowest BCUT2D eigenvalue weighted by Gasteiger charge is -2.25. The van der Waals surface area contributed by atoms with Crippen LogP contribution in [0.4, 0.5) is 8.78 Å². The first-order valence-electron chi connectivity index (χ1n) is 8.99. The Hall–Kier alpha value is -2.38. The molecule has 0 radical (unpaired) electrons. The summed E-state index contributed by atoms with van der Waals surface area (Å²) in [6, 6.07) is 1.55. The van der Waals surface area contributed by atoms with Gasteiger partial charge in [0.15, 0.2) is 0 Å². The number of hydrogen-bond donors (Lipinski definition) is 1. The molecule has 1 aliphatic heterocycles. The summed E-state index contributed by atoms with van der Waals surface area (Å²) in [7, 11) is 1.47. The van der Waals surface area contributed by atoms with Gasteiger partial charge in [-0.05, 0) is 31.4 Å². The van der Waals surface area contributed by atoms with Crippen LogP contribution in [-0.2, 0) is 11.2 Å². The van der Waals surface area contributed by atoms with Crippen molar-refractivity contribution in [3.05, 3.63) is 29.6 Å². The fraction of sp³-hybridized carbons (Fsp3) is 0.579. The number of amides is 2. The van der Waals surface area contributed by atoms with Crippen molar-refractivity contribution in [1.82, 2.24) is 15.2 Å². The minimum Gasteiger partial charge on any atom is -0.341 e. The first-order chi connectivity index (χ1) is 12.6. The largest absolute Gasteiger partial charge is 0.341 e. The maximum Gasteiger partial charge on any atom is 0.267 e. The van der Waals surface area contributed by atoms with Gasteiger partial charge in [0.25, 0.3) is 11.8 Å². The highest BCUT2D eigenvalue weighted by Gasteiger charge is 2.47. The summed E-state index contributed by atoms with van der Waals surface area (Å²) in [6.45, 7) is 4.93. The van der Waals surface area contributed by atoms with Crippen molar-refractivity contribution in [2.75, 3.05) is 13.6 Å². The molecule has 8 heteroatoms. The molecule has 2 atom stereocenters. The predicted molar refractivity (Wildman–Crippen MR) is 99.2 cm³/mol. The summed E-state index contributed by atoms with van der Waals surface area (Å²) in [5.74, 6) is -3.55. The van der Waals surface area contributed by atoms with Crippen molar-refractivity contribution >= 4 is 18.0 Å². The smallest absolute Gasteiger partial charge is 0.267 e. The van der Waals surface area contributed by atoms with Crippen molar-refractivity contribution in [1.29, 1.82) is 0 Å². The lowest BCUT2D eigenvalue weighted by atomic mass is 10.1. The van der Waals surface area contributed by atoms with Gasteiger partial charge in [-0.25, -0.2) is 8.78 Å². The molecule has 27 heavy (non-hydrogen) atoms. The van der Waals surface area contributed by atoms with E-state index in [1.54, 1.807) is 18.3 Å². The third kappa shape index (κ3) is 5.55. The fourth-order valence-electron chi connectivity index (χ4n) is 3.13. The van der Waals surface area contributed by atoms with Gasteiger partial charge in [0, 0.05) is 37.1 Å². The maximum atomic E-state index is 13.7. The Bertz CT molecular complexity index is 721. The zero-order valence-electron chi connectivity index (χ0n) is 16.1. The summed E-state index contributed by atoms with van der Waals surface area (Å²) < 4.78 is 27.4. The van der Waals surface area contributed by atoms with Crippen molar-refractivity contribution in [2.24, 2.45) is 10.9 Å². The number of carbonyl (C=O) groups is 2. The molecular formula is C19H26F2N4O2. The van der Waals surface area contributed by atoms with Gasteiger partial charge >= 0.3 is 0 Å². The first-order valence-corrected chi connectivity index (χ1v) is 8.99. The van der Waals surface area contributed by atoms with Gasteiger partial charge < -0.3 is 10.2 Å². The van der Waals surface area contributed by atoms with E-state index in [1.807, 2.05) is 0 Å². The van der Waals surface area contributed by atoms with Crippen LogP contribution >= 0.6 is 0 Å². The third-order valence-electron chi connectivity index (χ3n) is 4.33. The Morgan fingerprint density at radius 1 is 1.44 bits per heavy atom. The number of aliphatic imine (C=N–C) groups is 1. The van der Waals surface area contributed by atoms with Gasteiger partial charge in [-0.15, -0.1) is 0 Å². The van der Waals surface area contributed by atoms with Crippen LogP contribution in [0.25, 0.3) is 0 Å². The van der Waals surface area contributed by atoms with Crippen LogP contribution < -0.4 is 5.32 Å². The van der Waals surface area contributed by atoms with E-state index < -0.39 is 42.8 Å². The van der Waals surface area contributed by atoms with Gasteiger partial charge in [-0.1, -0.05) is 13.8 Å². The van der Waals surface area contributed by atoms with E-state index in [1.165, 1.54) is 20.2 Å². The van der Waals surface area contributed by atoms with E-state index in [-0.39, 0.29) is 0 Å². The van der Waals surface area contributed by atoms with Gasteiger partial charge in [0.05, 0.1) is 12.6 Å². The molecule has 1 aliphatic rings. The molecule has 1 N–H and O–H groups in total. The average molecular weight is 380 g/mol. The lowest BCUT2D eigenvalue weighted by Crippen LogP contribution is -2.49. The number of carbonyl (C=O) groups excluding carboxylic acids is 2. The number of nitrogens with one attached hydrogen (secondary N) is 1. The molecule has 2 rings (SSSR count). The summed E-state index contributed by atoms with van der Waals surface area (Å²) in [4.78, 5) is 34.1. The average Bonchev–Trinajstić information content (AvgIpc) is 2.88. The van der Waals surface area contributed by atoms with Crippen LogP contribution in [0.5, 0.6) is 0 Å². The van der Waals surface area contributed by atoms with Crippen LogP contribution in [0.15, 0.2) is 23.3 Å². The molecule has 2 heterocycles. The Balaban J connectivity index is 2.06. The van der Waals surface area contributed by atoms with Gasteiger partial charge in [0.2, 0.25) is 5.91 Å². The molecule has 148 valence electrons. The number of pyridine rings is 1. The molecule has 0 unspecified atom stereocenters. The molecule has 1 aromatic rings. The van der Waals surface area contributed by atoms with Crippen molar-refractivity contribution in [3.63, 3.8) is 0 Å². The number of aromatic nitrogens is 1. The Morgan fingerprint density at radius 3 is 2.78 bits per heavy atom. The second-order valence-electron chi connectivity index (χ2n) is 7.33. The molecule has 1 aromatic heterocycles. The molecule has 1 saturated heterocycles. The molecular weight excluding hydrogens is 354 g/mol. The van der Waals surface area contributed by atoms with Crippen molar-refractivity contribution < 1.29 is 18.4 Å². The van der Waals surface area contributed by atoms with E-state index in [4.69, 9.17) is 0 Å². The van der Waals surface area contributed by atoms with E-state index in [9.17, 15) is 18.4 Å². The number of nitrogens with zero attached hydrogens (tertiary/aromatic N) is 3. The number of halogens is 2. The summed E-state index contributed by atoms with van der Waals surface area (Å²) in [5.41, 5.74) is 1.17. The highest BCUT2D eigenvalue weighted by Crippen LogP contribution is 2.31. The topological polar surface area (TPSA) is 74.7 Å². The summed E-state index contributed by atoms with van der Waals surface area (Å²) >= 11 is 0. The van der Waals surface area contributed by atoms with Gasteiger partial charge in [0.1, 0.15) is 6.04 Å². The monoisotopic (exact) mass is 380 g/mol. The van der Waals surface area contributed by atoms with Gasteiger partial charge in [-0.2, -0.15) is 0 Å². The standard InChI is InChI=1S/C19H26F2N4O2/c1-12(2)7-15-8-14(5-6-23-15)17(26)24-13(3)18(27)25-11-19(20,21)9-16(25)10-22-4/h5-6,8,10,12-13,16H,7,9,11H2,1-4H3,(H,24,26)/b22-10+/t13-,16-/m0/s1. The number of rotatable bonds is 6. The van der Waals surface area contributed by atoms with E-state index in [0.717, 1.165) is 17.0 Å². The molecule has 0 bridgehead atoms. The van der Waals surface area contributed by atoms with Gasteiger partial charge in [-0.3, -0.25) is 19.6 Å². The fourth-order valence-corrected chi connectivity index (χ4v) is 3.13. The lowest BCUT2D eigenvalue weighted by molar-refractivity contribution is -0.133. The number of alkyl halides is 2. The molecule has 0 saturated carbocycles. The Labute approximate surface area is 158 Å². The normalized spacial score (nSPS) is 20.3. The highest BCUT2D eigenvalue weighted by atomic mass is 19.3. The van der Waals surface area contributed by atoms with E-state index in [2.05, 4.69) is 29.1 Å².